The normalized spacial score (nSPS) is 28.3. The number of nitrogens with zero attached hydrogens (tertiary/aromatic N) is 1. The summed E-state index contributed by atoms with van der Waals surface area (Å²) < 4.78 is 0. The minimum Gasteiger partial charge on any atom is -0.480 e. The highest BCUT2D eigenvalue weighted by Gasteiger charge is 2.54. The first kappa shape index (κ1) is 8.05. The summed E-state index contributed by atoms with van der Waals surface area (Å²) in [6.45, 7) is 1.98. The van der Waals surface area contributed by atoms with Gasteiger partial charge in [-0.25, -0.2) is 0 Å². The minimum atomic E-state index is -0.607. The Kier molecular flexibility index (Phi) is 1.83. The zero-order valence-corrected chi connectivity index (χ0v) is 7.25. The number of likely N-dealkylation sites (tertiary alicyclic amines) is 1. The van der Waals surface area contributed by atoms with Gasteiger partial charge in [-0.05, 0) is 38.8 Å². The van der Waals surface area contributed by atoms with Gasteiger partial charge < -0.3 is 5.11 Å². The molecule has 0 amide bonds. The Morgan fingerprint density at radius 3 is 2.17 bits per heavy atom. The van der Waals surface area contributed by atoms with Gasteiger partial charge >= 0.3 is 5.97 Å². The van der Waals surface area contributed by atoms with Crippen molar-refractivity contribution in [3.63, 3.8) is 0 Å². The van der Waals surface area contributed by atoms with Crippen molar-refractivity contribution in [3.05, 3.63) is 0 Å². The first-order chi connectivity index (χ1) is 5.76. The average molecular weight is 169 g/mol. The molecule has 2 rings (SSSR count). The molecular formula is C9H15NO2. The van der Waals surface area contributed by atoms with Crippen molar-refractivity contribution in [2.75, 3.05) is 13.1 Å². The van der Waals surface area contributed by atoms with E-state index in [0.29, 0.717) is 0 Å². The highest BCUT2D eigenvalue weighted by atomic mass is 16.4. The third-order valence-electron chi connectivity index (χ3n) is 3.08. The lowest BCUT2D eigenvalue weighted by Gasteiger charge is -2.31. The SMILES string of the molecule is O=C(O)C1(N2CCCCC2)CC1. The van der Waals surface area contributed by atoms with E-state index in [-0.39, 0.29) is 0 Å². The van der Waals surface area contributed by atoms with E-state index in [0.717, 1.165) is 25.9 Å². The fourth-order valence-corrected chi connectivity index (χ4v) is 2.11. The van der Waals surface area contributed by atoms with Crippen LogP contribution in [0.2, 0.25) is 0 Å². The summed E-state index contributed by atoms with van der Waals surface area (Å²) in [5.41, 5.74) is -0.430. The van der Waals surface area contributed by atoms with E-state index in [9.17, 15) is 4.79 Å². The highest BCUT2D eigenvalue weighted by Crippen LogP contribution is 2.43. The molecule has 0 atom stereocenters. The van der Waals surface area contributed by atoms with Gasteiger partial charge in [-0.3, -0.25) is 9.69 Å². The molecule has 0 aromatic carbocycles. The van der Waals surface area contributed by atoms with E-state index in [2.05, 4.69) is 4.90 Å². The van der Waals surface area contributed by atoms with Gasteiger partial charge in [-0.2, -0.15) is 0 Å². The molecular weight excluding hydrogens is 154 g/mol. The van der Waals surface area contributed by atoms with Gasteiger partial charge in [0.05, 0.1) is 0 Å². The topological polar surface area (TPSA) is 40.5 Å². The van der Waals surface area contributed by atoms with Gasteiger partial charge in [-0.15, -0.1) is 0 Å². The predicted octanol–water partition coefficient (Wildman–Crippen LogP) is 1.09. The molecule has 0 unspecified atom stereocenters. The Morgan fingerprint density at radius 1 is 1.17 bits per heavy atom. The van der Waals surface area contributed by atoms with Crippen LogP contribution < -0.4 is 0 Å². The van der Waals surface area contributed by atoms with Gasteiger partial charge in [0.2, 0.25) is 0 Å². The van der Waals surface area contributed by atoms with Crippen molar-refractivity contribution in [1.29, 1.82) is 0 Å². The minimum absolute atomic E-state index is 0.430. The van der Waals surface area contributed by atoms with E-state index in [1.807, 2.05) is 0 Å². The molecule has 1 saturated carbocycles. The smallest absolute Gasteiger partial charge is 0.324 e. The Balaban J connectivity index is 2.02. The molecule has 1 saturated heterocycles. The monoisotopic (exact) mass is 169 g/mol. The van der Waals surface area contributed by atoms with Gasteiger partial charge in [0.25, 0.3) is 0 Å². The fourth-order valence-electron chi connectivity index (χ4n) is 2.11. The Labute approximate surface area is 72.4 Å². The predicted molar refractivity (Wildman–Crippen MR) is 45.0 cm³/mol. The third kappa shape index (κ3) is 1.12. The van der Waals surface area contributed by atoms with Crippen LogP contribution in [-0.4, -0.2) is 34.6 Å². The molecule has 3 heteroatoms. The van der Waals surface area contributed by atoms with Crippen molar-refractivity contribution >= 4 is 5.97 Å². The van der Waals surface area contributed by atoms with E-state index < -0.39 is 11.5 Å². The molecule has 0 aromatic rings. The van der Waals surface area contributed by atoms with Gasteiger partial charge in [0.1, 0.15) is 5.54 Å². The number of carboxylic acids is 1. The summed E-state index contributed by atoms with van der Waals surface area (Å²) in [4.78, 5) is 13.1. The highest BCUT2D eigenvalue weighted by molar-refractivity contribution is 5.82. The number of piperidine rings is 1. The Hall–Kier alpha value is -0.570. The molecule has 0 bridgehead atoms. The van der Waals surface area contributed by atoms with Crippen LogP contribution in [-0.2, 0) is 4.79 Å². The molecule has 1 aliphatic carbocycles. The van der Waals surface area contributed by atoms with Crippen LogP contribution in [0.15, 0.2) is 0 Å². The summed E-state index contributed by atoms with van der Waals surface area (Å²) in [5, 5.41) is 9.01. The van der Waals surface area contributed by atoms with E-state index in [1.165, 1.54) is 19.3 Å². The van der Waals surface area contributed by atoms with Crippen molar-refractivity contribution in [1.82, 2.24) is 4.90 Å². The molecule has 0 radical (unpaired) electrons. The largest absolute Gasteiger partial charge is 0.480 e. The second-order valence-electron chi connectivity index (χ2n) is 3.88. The molecule has 1 heterocycles. The maximum atomic E-state index is 10.9. The van der Waals surface area contributed by atoms with E-state index in [4.69, 9.17) is 5.11 Å². The summed E-state index contributed by atoms with van der Waals surface area (Å²) in [6, 6.07) is 0. The second-order valence-corrected chi connectivity index (χ2v) is 3.88. The Bertz CT molecular complexity index is 193. The number of rotatable bonds is 2. The van der Waals surface area contributed by atoms with E-state index in [1.54, 1.807) is 0 Å². The average Bonchev–Trinajstić information content (AvgIpc) is 2.86. The van der Waals surface area contributed by atoms with Crippen LogP contribution in [0.3, 0.4) is 0 Å². The van der Waals surface area contributed by atoms with Crippen molar-refractivity contribution in [2.24, 2.45) is 0 Å². The molecule has 0 aromatic heterocycles. The zero-order valence-electron chi connectivity index (χ0n) is 7.25. The lowest BCUT2D eigenvalue weighted by molar-refractivity contribution is -0.145. The Morgan fingerprint density at radius 2 is 1.75 bits per heavy atom. The summed E-state index contributed by atoms with van der Waals surface area (Å²) in [7, 11) is 0. The number of aliphatic carboxylic acids is 1. The van der Waals surface area contributed by atoms with Gasteiger partial charge in [0, 0.05) is 0 Å². The molecule has 3 nitrogen and oxygen atoms in total. The molecule has 0 spiro atoms. The molecule has 68 valence electrons. The fraction of sp³-hybridized carbons (Fsp3) is 0.889. The number of hydrogen-bond donors (Lipinski definition) is 1. The van der Waals surface area contributed by atoms with Crippen LogP contribution in [0, 0.1) is 0 Å². The molecule has 12 heavy (non-hydrogen) atoms. The zero-order chi connectivity index (χ0) is 8.60. The quantitative estimate of drug-likeness (QED) is 0.672. The summed E-state index contributed by atoms with van der Waals surface area (Å²) in [5.74, 6) is -0.607. The molecule has 1 aliphatic heterocycles. The standard InChI is InChI=1S/C9H15NO2/c11-8(12)9(4-5-9)10-6-2-1-3-7-10/h1-7H2,(H,11,12). The number of hydrogen-bond acceptors (Lipinski definition) is 2. The van der Waals surface area contributed by atoms with Crippen molar-refractivity contribution < 1.29 is 9.90 Å². The van der Waals surface area contributed by atoms with Crippen LogP contribution >= 0.6 is 0 Å². The molecule has 1 N–H and O–H groups in total. The van der Waals surface area contributed by atoms with Crippen molar-refractivity contribution in [2.45, 2.75) is 37.6 Å². The van der Waals surface area contributed by atoms with Gasteiger partial charge in [0.15, 0.2) is 0 Å². The van der Waals surface area contributed by atoms with Crippen molar-refractivity contribution in [3.8, 4) is 0 Å². The first-order valence-corrected chi connectivity index (χ1v) is 4.74. The van der Waals surface area contributed by atoms with Crippen LogP contribution in [0.25, 0.3) is 0 Å². The molecule has 2 fully saturated rings. The lowest BCUT2D eigenvalue weighted by Crippen LogP contribution is -2.46. The molecule has 2 aliphatic rings. The first-order valence-electron chi connectivity index (χ1n) is 4.74. The van der Waals surface area contributed by atoms with E-state index >= 15 is 0 Å². The maximum absolute atomic E-state index is 10.9. The van der Waals surface area contributed by atoms with Crippen LogP contribution in [0.4, 0.5) is 0 Å². The van der Waals surface area contributed by atoms with Crippen LogP contribution in [0.5, 0.6) is 0 Å². The third-order valence-corrected chi connectivity index (χ3v) is 3.08. The summed E-state index contributed by atoms with van der Waals surface area (Å²) >= 11 is 0. The lowest BCUT2D eigenvalue weighted by atomic mass is 10.1. The second kappa shape index (κ2) is 2.73. The summed E-state index contributed by atoms with van der Waals surface area (Å²) in [6.07, 6.45) is 5.35. The van der Waals surface area contributed by atoms with Crippen LogP contribution in [0.1, 0.15) is 32.1 Å². The number of carboxylic acid groups (broad SMARTS) is 1. The maximum Gasteiger partial charge on any atom is 0.324 e. The number of carbonyl (C=O) groups is 1. The van der Waals surface area contributed by atoms with Gasteiger partial charge in [-0.1, -0.05) is 6.42 Å².